The zero-order valence-corrected chi connectivity index (χ0v) is 18.8. The number of nitrogens with one attached hydrogen (secondary N) is 1. The van der Waals surface area contributed by atoms with E-state index >= 15 is 0 Å². The monoisotopic (exact) mass is 454 g/mol. The van der Waals surface area contributed by atoms with E-state index in [4.69, 9.17) is 34.8 Å². The Bertz CT molecular complexity index is 837. The first-order chi connectivity index (χ1) is 13.9. The Morgan fingerprint density at radius 2 is 1.59 bits per heavy atom. The van der Waals surface area contributed by atoms with Crippen LogP contribution in [0.3, 0.4) is 0 Å². The van der Waals surface area contributed by atoms with Crippen molar-refractivity contribution in [2.45, 2.75) is 45.7 Å². The third-order valence-electron chi connectivity index (χ3n) is 4.62. The Morgan fingerprint density at radius 1 is 0.966 bits per heavy atom. The van der Waals surface area contributed by atoms with Crippen LogP contribution in [0.4, 0.5) is 0 Å². The maximum absolute atomic E-state index is 13.3. The van der Waals surface area contributed by atoms with Crippen LogP contribution in [0.1, 0.15) is 37.8 Å². The van der Waals surface area contributed by atoms with Gasteiger partial charge in [-0.25, -0.2) is 0 Å². The first-order valence-electron chi connectivity index (χ1n) is 9.62. The number of hydrogen-bond donors (Lipinski definition) is 1. The lowest BCUT2D eigenvalue weighted by Crippen LogP contribution is -2.49. The number of benzene rings is 2. The molecule has 2 amide bonds. The first-order valence-corrected chi connectivity index (χ1v) is 10.8. The molecule has 1 N–H and O–H groups in total. The molecule has 0 aromatic heterocycles. The maximum Gasteiger partial charge on any atom is 0.242 e. The summed E-state index contributed by atoms with van der Waals surface area (Å²) in [4.78, 5) is 27.6. The van der Waals surface area contributed by atoms with Crippen LogP contribution in [0.2, 0.25) is 15.1 Å². The Balaban J connectivity index is 2.36. The minimum atomic E-state index is -0.635. The Kier molecular flexibility index (Phi) is 9.28. The van der Waals surface area contributed by atoms with Crippen molar-refractivity contribution in [3.8, 4) is 0 Å². The van der Waals surface area contributed by atoms with Gasteiger partial charge in [-0.1, -0.05) is 72.9 Å². The normalized spacial score (nSPS) is 11.8. The smallest absolute Gasteiger partial charge is 0.242 e. The van der Waals surface area contributed by atoms with Crippen molar-refractivity contribution in [3.05, 3.63) is 68.7 Å². The molecule has 1 atom stereocenters. The van der Waals surface area contributed by atoms with Crippen LogP contribution in [-0.2, 0) is 22.6 Å². The van der Waals surface area contributed by atoms with Gasteiger partial charge in [-0.3, -0.25) is 9.59 Å². The van der Waals surface area contributed by atoms with Crippen LogP contribution in [0, 0.1) is 0 Å². The van der Waals surface area contributed by atoms with Gasteiger partial charge in [0.05, 0.1) is 6.42 Å². The van der Waals surface area contributed by atoms with Gasteiger partial charge in [0.2, 0.25) is 11.8 Å². The van der Waals surface area contributed by atoms with E-state index in [1.165, 1.54) is 0 Å². The zero-order chi connectivity index (χ0) is 21.4. The summed E-state index contributed by atoms with van der Waals surface area (Å²) in [5.74, 6) is -0.405. The van der Waals surface area contributed by atoms with E-state index < -0.39 is 6.04 Å². The summed E-state index contributed by atoms with van der Waals surface area (Å²) in [6.07, 6.45) is 1.36. The molecular weight excluding hydrogens is 431 g/mol. The molecule has 0 heterocycles. The van der Waals surface area contributed by atoms with Gasteiger partial charge in [0.1, 0.15) is 6.04 Å². The van der Waals surface area contributed by atoms with Crippen LogP contribution in [0.25, 0.3) is 0 Å². The molecule has 2 rings (SSSR count). The quantitative estimate of drug-likeness (QED) is 0.541. The van der Waals surface area contributed by atoms with Crippen molar-refractivity contribution in [2.24, 2.45) is 0 Å². The second-order valence-electron chi connectivity index (χ2n) is 6.71. The number of amides is 2. The first kappa shape index (κ1) is 23.5. The van der Waals surface area contributed by atoms with Gasteiger partial charge in [0.15, 0.2) is 0 Å². The maximum atomic E-state index is 13.3. The second kappa shape index (κ2) is 11.4. The predicted molar refractivity (Wildman–Crippen MR) is 120 cm³/mol. The van der Waals surface area contributed by atoms with Gasteiger partial charge in [0.25, 0.3) is 0 Å². The molecule has 0 spiro atoms. The number of carbonyl (C=O) groups is 2. The lowest BCUT2D eigenvalue weighted by atomic mass is 10.1. The summed E-state index contributed by atoms with van der Waals surface area (Å²) in [5.41, 5.74) is 1.32. The molecule has 0 bridgehead atoms. The Labute approximate surface area is 187 Å². The van der Waals surface area contributed by atoms with E-state index in [0.717, 1.165) is 6.42 Å². The van der Waals surface area contributed by atoms with Crippen molar-refractivity contribution < 1.29 is 9.59 Å². The average Bonchev–Trinajstić information content (AvgIpc) is 2.70. The van der Waals surface area contributed by atoms with Crippen molar-refractivity contribution in [2.75, 3.05) is 6.54 Å². The van der Waals surface area contributed by atoms with Crippen LogP contribution < -0.4 is 5.32 Å². The SMILES string of the molecule is CCCNC(=O)C(CC)N(Cc1c(Cl)cccc1Cl)C(=O)Cc1ccccc1Cl. The molecule has 0 saturated carbocycles. The topological polar surface area (TPSA) is 49.4 Å². The fourth-order valence-electron chi connectivity index (χ4n) is 3.05. The molecule has 7 heteroatoms. The summed E-state index contributed by atoms with van der Waals surface area (Å²) in [5, 5.41) is 4.31. The number of nitrogens with zero attached hydrogens (tertiary/aromatic N) is 1. The molecule has 4 nitrogen and oxygen atoms in total. The van der Waals surface area contributed by atoms with Gasteiger partial charge in [-0.15, -0.1) is 0 Å². The van der Waals surface area contributed by atoms with Crippen molar-refractivity contribution in [3.63, 3.8) is 0 Å². The third-order valence-corrected chi connectivity index (χ3v) is 5.70. The summed E-state index contributed by atoms with van der Waals surface area (Å²) in [7, 11) is 0. The highest BCUT2D eigenvalue weighted by molar-refractivity contribution is 6.36. The van der Waals surface area contributed by atoms with Gasteiger partial charge in [-0.2, -0.15) is 0 Å². The van der Waals surface area contributed by atoms with Gasteiger partial charge < -0.3 is 10.2 Å². The molecule has 0 aliphatic rings. The van der Waals surface area contributed by atoms with E-state index in [1.54, 1.807) is 35.2 Å². The lowest BCUT2D eigenvalue weighted by molar-refractivity contribution is -0.140. The van der Waals surface area contributed by atoms with E-state index in [-0.39, 0.29) is 24.8 Å². The molecule has 2 aromatic carbocycles. The van der Waals surface area contributed by atoms with Crippen LogP contribution in [0.15, 0.2) is 42.5 Å². The minimum absolute atomic E-state index is 0.0826. The number of rotatable bonds is 9. The molecule has 0 aliphatic carbocycles. The third kappa shape index (κ3) is 6.36. The van der Waals surface area contributed by atoms with Gasteiger partial charge in [-0.05, 0) is 36.6 Å². The van der Waals surface area contributed by atoms with E-state index in [2.05, 4.69) is 5.32 Å². The van der Waals surface area contributed by atoms with Gasteiger partial charge >= 0.3 is 0 Å². The molecule has 1 unspecified atom stereocenters. The molecule has 0 radical (unpaired) electrons. The fraction of sp³-hybridized carbons (Fsp3) is 0.364. The predicted octanol–water partition coefficient (Wildman–Crippen LogP) is 5.52. The Hall–Kier alpha value is -1.75. The highest BCUT2D eigenvalue weighted by atomic mass is 35.5. The zero-order valence-electron chi connectivity index (χ0n) is 16.6. The van der Waals surface area contributed by atoms with Crippen LogP contribution in [-0.4, -0.2) is 29.3 Å². The highest BCUT2D eigenvalue weighted by Crippen LogP contribution is 2.27. The molecule has 0 fully saturated rings. The summed E-state index contributed by atoms with van der Waals surface area (Å²) >= 11 is 18.9. The molecule has 2 aromatic rings. The number of hydrogen-bond acceptors (Lipinski definition) is 2. The highest BCUT2D eigenvalue weighted by Gasteiger charge is 2.29. The largest absolute Gasteiger partial charge is 0.354 e. The minimum Gasteiger partial charge on any atom is -0.354 e. The standard InChI is InChI=1S/C22H25Cl3N2O2/c1-3-12-26-22(29)20(4-2)27(14-16-18(24)10-7-11-19(16)25)21(28)13-15-8-5-6-9-17(15)23/h5-11,20H,3-4,12-14H2,1-2H3,(H,26,29). The number of carbonyl (C=O) groups excluding carboxylic acids is 2. The van der Waals surface area contributed by atoms with Crippen LogP contribution in [0.5, 0.6) is 0 Å². The fourth-order valence-corrected chi connectivity index (χ4v) is 3.76. The summed E-state index contributed by atoms with van der Waals surface area (Å²) < 4.78 is 0. The average molecular weight is 456 g/mol. The van der Waals surface area contributed by atoms with E-state index in [1.807, 2.05) is 26.0 Å². The van der Waals surface area contributed by atoms with Crippen molar-refractivity contribution in [1.29, 1.82) is 0 Å². The molecule has 156 valence electrons. The van der Waals surface area contributed by atoms with E-state index in [9.17, 15) is 9.59 Å². The molecule has 0 aliphatic heterocycles. The van der Waals surface area contributed by atoms with Crippen LogP contribution >= 0.6 is 34.8 Å². The summed E-state index contributed by atoms with van der Waals surface area (Å²) in [6, 6.07) is 11.7. The second-order valence-corrected chi connectivity index (χ2v) is 7.93. The Morgan fingerprint density at radius 3 is 2.17 bits per heavy atom. The number of halogens is 3. The summed E-state index contributed by atoms with van der Waals surface area (Å²) in [6.45, 7) is 4.54. The molecule has 29 heavy (non-hydrogen) atoms. The van der Waals surface area contributed by atoms with Crippen molar-refractivity contribution in [1.82, 2.24) is 10.2 Å². The molecule has 0 saturated heterocycles. The van der Waals surface area contributed by atoms with Crippen molar-refractivity contribution >= 4 is 46.6 Å². The molecular formula is C22H25Cl3N2O2. The van der Waals surface area contributed by atoms with E-state index in [0.29, 0.717) is 39.2 Å². The van der Waals surface area contributed by atoms with Gasteiger partial charge in [0, 0.05) is 33.7 Å². The lowest BCUT2D eigenvalue weighted by Gasteiger charge is -2.31.